The van der Waals surface area contributed by atoms with Gasteiger partial charge in [0, 0.05) is 29.6 Å². The maximum atomic E-state index is 12.4. The Morgan fingerprint density at radius 1 is 1.13 bits per heavy atom. The summed E-state index contributed by atoms with van der Waals surface area (Å²) in [7, 11) is 0. The molecule has 114 valence electrons. The highest BCUT2D eigenvalue weighted by molar-refractivity contribution is 6.09. The van der Waals surface area contributed by atoms with Crippen molar-refractivity contribution < 1.29 is 9.72 Å². The first-order chi connectivity index (χ1) is 11.1. The zero-order valence-electron chi connectivity index (χ0n) is 12.3. The minimum absolute atomic E-state index is 0.132. The third-order valence-corrected chi connectivity index (χ3v) is 3.56. The molecule has 0 amide bonds. The maximum absolute atomic E-state index is 12.4. The van der Waals surface area contributed by atoms with E-state index < -0.39 is 4.92 Å². The smallest absolute Gasteiger partial charge is 0.293 e. The molecule has 0 spiro atoms. The van der Waals surface area contributed by atoms with Crippen molar-refractivity contribution in [1.29, 1.82) is 0 Å². The van der Waals surface area contributed by atoms with Gasteiger partial charge in [0.15, 0.2) is 5.78 Å². The Bertz CT molecular complexity index is 885. The fraction of sp³-hybridized carbons (Fsp3) is 0.0588. The highest BCUT2D eigenvalue weighted by Crippen LogP contribution is 2.26. The van der Waals surface area contributed by atoms with E-state index in [4.69, 9.17) is 0 Å². The van der Waals surface area contributed by atoms with Crippen LogP contribution in [0.25, 0.3) is 5.69 Å². The summed E-state index contributed by atoms with van der Waals surface area (Å²) in [5.41, 5.74) is 1.03. The van der Waals surface area contributed by atoms with Crippen molar-refractivity contribution >= 4 is 11.5 Å². The summed E-state index contributed by atoms with van der Waals surface area (Å²) in [5, 5.41) is 11.4. The average Bonchev–Trinajstić information content (AvgIpc) is 3.00. The van der Waals surface area contributed by atoms with Crippen LogP contribution >= 0.6 is 0 Å². The number of ketones is 1. The van der Waals surface area contributed by atoms with Crippen LogP contribution in [0.1, 0.15) is 21.7 Å². The molecule has 3 rings (SSSR count). The van der Waals surface area contributed by atoms with Gasteiger partial charge in [-0.05, 0) is 19.1 Å². The van der Waals surface area contributed by atoms with E-state index in [9.17, 15) is 14.9 Å². The normalized spacial score (nSPS) is 10.5. The minimum atomic E-state index is -0.490. The second-order valence-corrected chi connectivity index (χ2v) is 5.00. The van der Waals surface area contributed by atoms with Gasteiger partial charge in [0.2, 0.25) is 0 Å². The highest BCUT2D eigenvalue weighted by Gasteiger charge is 2.20. The number of aryl methyl sites for hydroxylation is 1. The Hall–Kier alpha value is -3.28. The van der Waals surface area contributed by atoms with Crippen molar-refractivity contribution in [2.75, 3.05) is 0 Å². The van der Waals surface area contributed by atoms with E-state index in [0.29, 0.717) is 17.1 Å². The van der Waals surface area contributed by atoms with E-state index in [2.05, 4.69) is 4.98 Å². The van der Waals surface area contributed by atoms with E-state index in [-0.39, 0.29) is 17.0 Å². The number of carbonyl (C=O) groups is 1. The van der Waals surface area contributed by atoms with E-state index >= 15 is 0 Å². The SMILES string of the molecule is Cc1nccn1-c1ccc(C(=O)c2ccccc2)cc1[N+](=O)[O-]. The number of aromatic nitrogens is 2. The second kappa shape index (κ2) is 5.84. The summed E-state index contributed by atoms with van der Waals surface area (Å²) < 4.78 is 1.62. The lowest BCUT2D eigenvalue weighted by molar-refractivity contribution is -0.384. The van der Waals surface area contributed by atoms with Gasteiger partial charge < -0.3 is 0 Å². The number of nitro groups is 1. The number of carbonyl (C=O) groups excluding carboxylic acids is 1. The van der Waals surface area contributed by atoms with E-state index in [1.165, 1.54) is 6.07 Å². The second-order valence-electron chi connectivity index (χ2n) is 5.00. The lowest BCUT2D eigenvalue weighted by atomic mass is 10.0. The molecule has 6 nitrogen and oxygen atoms in total. The van der Waals surface area contributed by atoms with Crippen LogP contribution in [0.5, 0.6) is 0 Å². The molecule has 0 N–H and O–H groups in total. The van der Waals surface area contributed by atoms with Gasteiger partial charge in [0.1, 0.15) is 11.5 Å². The molecule has 3 aromatic rings. The molecule has 0 saturated carbocycles. The van der Waals surface area contributed by atoms with E-state index in [1.54, 1.807) is 60.3 Å². The molecule has 0 bridgehead atoms. The van der Waals surface area contributed by atoms with E-state index in [1.807, 2.05) is 6.07 Å². The van der Waals surface area contributed by atoms with Crippen LogP contribution in [0, 0.1) is 17.0 Å². The number of benzene rings is 2. The Kier molecular flexibility index (Phi) is 3.72. The zero-order valence-corrected chi connectivity index (χ0v) is 12.3. The predicted octanol–water partition coefficient (Wildman–Crippen LogP) is 3.32. The quantitative estimate of drug-likeness (QED) is 0.421. The summed E-state index contributed by atoms with van der Waals surface area (Å²) in [4.78, 5) is 27.4. The standard InChI is InChI=1S/C17H13N3O3/c1-12-18-9-10-19(12)15-8-7-14(11-16(15)20(22)23)17(21)13-5-3-2-4-6-13/h2-11H,1H3. The zero-order chi connectivity index (χ0) is 16.4. The summed E-state index contributed by atoms with van der Waals surface area (Å²) in [5.74, 6) is 0.387. The highest BCUT2D eigenvalue weighted by atomic mass is 16.6. The monoisotopic (exact) mass is 307 g/mol. The van der Waals surface area contributed by atoms with Gasteiger partial charge in [-0.1, -0.05) is 30.3 Å². The Morgan fingerprint density at radius 2 is 1.87 bits per heavy atom. The maximum Gasteiger partial charge on any atom is 0.293 e. The molecule has 0 fully saturated rings. The lowest BCUT2D eigenvalue weighted by Crippen LogP contribution is -2.06. The predicted molar refractivity (Wildman–Crippen MR) is 84.8 cm³/mol. The van der Waals surface area contributed by atoms with Gasteiger partial charge in [0.05, 0.1) is 4.92 Å². The molecule has 0 atom stereocenters. The van der Waals surface area contributed by atoms with Gasteiger partial charge in [-0.2, -0.15) is 0 Å². The van der Waals surface area contributed by atoms with Crippen LogP contribution in [0.2, 0.25) is 0 Å². The van der Waals surface area contributed by atoms with Crippen molar-refractivity contribution in [2.45, 2.75) is 6.92 Å². The van der Waals surface area contributed by atoms with Crippen LogP contribution in [0.3, 0.4) is 0 Å². The molecule has 0 aliphatic carbocycles. The third-order valence-electron chi connectivity index (χ3n) is 3.56. The third kappa shape index (κ3) is 2.74. The molecule has 6 heteroatoms. The van der Waals surface area contributed by atoms with Crippen molar-refractivity contribution in [1.82, 2.24) is 9.55 Å². The molecule has 0 radical (unpaired) electrons. The summed E-state index contributed by atoms with van der Waals surface area (Å²) in [6, 6.07) is 13.2. The van der Waals surface area contributed by atoms with Crippen molar-refractivity contribution in [3.8, 4) is 5.69 Å². The van der Waals surface area contributed by atoms with Gasteiger partial charge in [-0.3, -0.25) is 19.5 Å². The van der Waals surface area contributed by atoms with Crippen molar-refractivity contribution in [3.63, 3.8) is 0 Å². The number of imidazole rings is 1. The van der Waals surface area contributed by atoms with Gasteiger partial charge >= 0.3 is 0 Å². The van der Waals surface area contributed by atoms with Gasteiger partial charge in [-0.15, -0.1) is 0 Å². The van der Waals surface area contributed by atoms with Gasteiger partial charge in [-0.25, -0.2) is 4.98 Å². The average molecular weight is 307 g/mol. The molecule has 1 heterocycles. The molecule has 0 saturated heterocycles. The molecule has 2 aromatic carbocycles. The minimum Gasteiger partial charge on any atom is -0.298 e. The number of hydrogen-bond donors (Lipinski definition) is 0. The molecular weight excluding hydrogens is 294 g/mol. The number of hydrogen-bond acceptors (Lipinski definition) is 4. The fourth-order valence-corrected chi connectivity index (χ4v) is 2.40. The molecule has 23 heavy (non-hydrogen) atoms. The first-order valence-electron chi connectivity index (χ1n) is 6.96. The number of rotatable bonds is 4. The van der Waals surface area contributed by atoms with Crippen LogP contribution in [-0.2, 0) is 0 Å². The Balaban J connectivity index is 2.09. The molecule has 1 aromatic heterocycles. The Labute approximate surface area is 132 Å². The first kappa shape index (κ1) is 14.6. The Morgan fingerprint density at radius 3 is 2.48 bits per heavy atom. The fourth-order valence-electron chi connectivity index (χ4n) is 2.40. The van der Waals surface area contributed by atoms with Gasteiger partial charge in [0.25, 0.3) is 5.69 Å². The summed E-state index contributed by atoms with van der Waals surface area (Å²) in [6.45, 7) is 1.76. The molecule has 0 aliphatic heterocycles. The first-order valence-corrected chi connectivity index (χ1v) is 6.96. The summed E-state index contributed by atoms with van der Waals surface area (Å²) >= 11 is 0. The van der Waals surface area contributed by atoms with Crippen LogP contribution in [0.15, 0.2) is 60.9 Å². The number of nitrogens with zero attached hydrogens (tertiary/aromatic N) is 3. The van der Waals surface area contributed by atoms with Crippen LogP contribution in [0.4, 0.5) is 5.69 Å². The number of nitro benzene ring substituents is 1. The van der Waals surface area contributed by atoms with E-state index in [0.717, 1.165) is 0 Å². The van der Waals surface area contributed by atoms with Crippen molar-refractivity contribution in [2.24, 2.45) is 0 Å². The largest absolute Gasteiger partial charge is 0.298 e. The molecule has 0 aliphatic rings. The van der Waals surface area contributed by atoms with Crippen LogP contribution in [-0.4, -0.2) is 20.3 Å². The molecule has 0 unspecified atom stereocenters. The topological polar surface area (TPSA) is 78.0 Å². The molecular formula is C17H13N3O3. The summed E-state index contributed by atoms with van der Waals surface area (Å²) in [6.07, 6.45) is 3.22. The lowest BCUT2D eigenvalue weighted by Gasteiger charge is -2.08. The van der Waals surface area contributed by atoms with Crippen LogP contribution < -0.4 is 0 Å². The van der Waals surface area contributed by atoms with Crippen molar-refractivity contribution in [3.05, 3.63) is 88.0 Å².